The minimum Gasteiger partial charge on any atom is -0.357 e. The van der Waals surface area contributed by atoms with Gasteiger partial charge in [-0.25, -0.2) is 0 Å². The fraction of sp³-hybridized carbons (Fsp3) is 0.412. The normalized spacial score (nSPS) is 21.2. The Labute approximate surface area is 137 Å². The molecule has 0 aliphatic carbocycles. The molecule has 1 aliphatic rings. The number of aromatic nitrogens is 2. The summed E-state index contributed by atoms with van der Waals surface area (Å²) in [5, 5.41) is 4.30. The van der Waals surface area contributed by atoms with Crippen LogP contribution in [0.25, 0.3) is 0 Å². The van der Waals surface area contributed by atoms with E-state index in [4.69, 9.17) is 12.2 Å². The molecule has 2 aromatic heterocycles. The van der Waals surface area contributed by atoms with E-state index in [1.807, 2.05) is 18.3 Å². The van der Waals surface area contributed by atoms with Gasteiger partial charge in [-0.15, -0.1) is 0 Å². The van der Waals surface area contributed by atoms with Gasteiger partial charge in [-0.3, -0.25) is 4.98 Å². The van der Waals surface area contributed by atoms with Crippen molar-refractivity contribution in [3.05, 3.63) is 54.1 Å². The zero-order valence-electron chi connectivity index (χ0n) is 13.1. The summed E-state index contributed by atoms with van der Waals surface area (Å²) in [5.41, 5.74) is 2.32. The standard InChI is InChI=1S/C17H22N4S/c1-3-4-10-21-16(13-8-11-20(2)12-13)15(19-17(21)22)14-7-5-6-9-18-14/h5-9,11-12,15-16H,3-4,10H2,1-2H3,(H,19,22)/t15-,16-/m1/s1. The molecule has 1 aliphatic heterocycles. The number of rotatable bonds is 5. The second-order valence-corrected chi connectivity index (χ2v) is 6.17. The molecule has 0 aromatic carbocycles. The van der Waals surface area contributed by atoms with Crippen LogP contribution in [0.15, 0.2) is 42.9 Å². The molecule has 5 heteroatoms. The molecule has 116 valence electrons. The van der Waals surface area contributed by atoms with Crippen LogP contribution in [0.1, 0.15) is 43.1 Å². The van der Waals surface area contributed by atoms with Crippen molar-refractivity contribution in [3.63, 3.8) is 0 Å². The van der Waals surface area contributed by atoms with Gasteiger partial charge >= 0.3 is 0 Å². The lowest BCUT2D eigenvalue weighted by Crippen LogP contribution is -2.30. The largest absolute Gasteiger partial charge is 0.357 e. The van der Waals surface area contributed by atoms with Gasteiger partial charge in [-0.2, -0.15) is 0 Å². The fourth-order valence-corrected chi connectivity index (χ4v) is 3.37. The van der Waals surface area contributed by atoms with E-state index < -0.39 is 0 Å². The second kappa shape index (κ2) is 6.48. The Balaban J connectivity index is 1.96. The van der Waals surface area contributed by atoms with Gasteiger partial charge in [0.05, 0.1) is 17.8 Å². The van der Waals surface area contributed by atoms with Crippen molar-refractivity contribution >= 4 is 17.3 Å². The quantitative estimate of drug-likeness (QED) is 0.859. The van der Waals surface area contributed by atoms with Crippen LogP contribution < -0.4 is 5.32 Å². The first kappa shape index (κ1) is 15.0. The molecule has 0 amide bonds. The van der Waals surface area contributed by atoms with E-state index in [1.165, 1.54) is 5.56 Å². The Morgan fingerprint density at radius 3 is 2.82 bits per heavy atom. The van der Waals surface area contributed by atoms with Gasteiger partial charge < -0.3 is 14.8 Å². The molecule has 1 N–H and O–H groups in total. The average Bonchev–Trinajstić information content (AvgIpc) is 3.09. The van der Waals surface area contributed by atoms with Crippen molar-refractivity contribution in [2.24, 2.45) is 7.05 Å². The number of hydrogen-bond donors (Lipinski definition) is 1. The molecule has 0 unspecified atom stereocenters. The number of nitrogens with one attached hydrogen (secondary N) is 1. The number of unbranched alkanes of at least 4 members (excludes halogenated alkanes) is 1. The Morgan fingerprint density at radius 1 is 1.32 bits per heavy atom. The van der Waals surface area contributed by atoms with E-state index in [9.17, 15) is 0 Å². The second-order valence-electron chi connectivity index (χ2n) is 5.78. The van der Waals surface area contributed by atoms with Crippen molar-refractivity contribution in [1.29, 1.82) is 0 Å². The van der Waals surface area contributed by atoms with E-state index in [0.717, 1.165) is 30.2 Å². The van der Waals surface area contributed by atoms with E-state index in [0.29, 0.717) is 0 Å². The Kier molecular flexibility index (Phi) is 4.43. The van der Waals surface area contributed by atoms with Crippen LogP contribution in [0.4, 0.5) is 0 Å². The lowest BCUT2D eigenvalue weighted by atomic mass is 9.99. The third-order valence-corrected chi connectivity index (χ3v) is 4.50. The van der Waals surface area contributed by atoms with Crippen LogP contribution in [0, 0.1) is 0 Å². The van der Waals surface area contributed by atoms with Crippen molar-refractivity contribution in [2.45, 2.75) is 31.8 Å². The summed E-state index contributed by atoms with van der Waals surface area (Å²) in [6, 6.07) is 8.53. The molecule has 4 nitrogen and oxygen atoms in total. The third-order valence-electron chi connectivity index (χ3n) is 4.15. The van der Waals surface area contributed by atoms with Gasteiger partial charge in [0.15, 0.2) is 5.11 Å². The monoisotopic (exact) mass is 314 g/mol. The first-order valence-electron chi connectivity index (χ1n) is 7.80. The highest BCUT2D eigenvalue weighted by molar-refractivity contribution is 7.80. The van der Waals surface area contributed by atoms with Crippen LogP contribution in [0.3, 0.4) is 0 Å². The maximum Gasteiger partial charge on any atom is 0.170 e. The summed E-state index contributed by atoms with van der Waals surface area (Å²) in [4.78, 5) is 6.85. The number of hydrogen-bond acceptors (Lipinski definition) is 2. The molecule has 1 saturated heterocycles. The maximum atomic E-state index is 5.59. The SMILES string of the molecule is CCCCN1C(=S)N[C@H](c2ccccn2)[C@H]1c1ccn(C)c1. The molecule has 0 bridgehead atoms. The third kappa shape index (κ3) is 2.86. The zero-order valence-corrected chi connectivity index (χ0v) is 13.9. The van der Waals surface area contributed by atoms with E-state index in [-0.39, 0.29) is 12.1 Å². The zero-order chi connectivity index (χ0) is 15.5. The van der Waals surface area contributed by atoms with Gasteiger partial charge in [0, 0.05) is 32.2 Å². The molecule has 0 saturated carbocycles. The summed E-state index contributed by atoms with van der Waals surface area (Å²) in [6.07, 6.45) is 8.41. The molecule has 2 atom stereocenters. The lowest BCUT2D eigenvalue weighted by molar-refractivity contribution is 0.313. The predicted octanol–water partition coefficient (Wildman–Crippen LogP) is 3.19. The Morgan fingerprint density at radius 2 is 2.18 bits per heavy atom. The fourth-order valence-electron chi connectivity index (χ4n) is 3.04. The molecule has 2 aromatic rings. The Hall–Kier alpha value is -1.88. The smallest absolute Gasteiger partial charge is 0.170 e. The van der Waals surface area contributed by atoms with Crippen molar-refractivity contribution in [2.75, 3.05) is 6.54 Å². The van der Waals surface area contributed by atoms with Crippen LogP contribution in [0.5, 0.6) is 0 Å². The summed E-state index contributed by atoms with van der Waals surface area (Å²) in [7, 11) is 2.05. The Bertz CT molecular complexity index is 637. The molecule has 3 heterocycles. The first-order chi connectivity index (χ1) is 10.7. The van der Waals surface area contributed by atoms with Crippen molar-refractivity contribution < 1.29 is 0 Å². The molecule has 0 spiro atoms. The topological polar surface area (TPSA) is 33.1 Å². The molecular weight excluding hydrogens is 292 g/mol. The number of pyridine rings is 1. The minimum absolute atomic E-state index is 0.105. The molecule has 3 rings (SSSR count). The van der Waals surface area contributed by atoms with E-state index >= 15 is 0 Å². The number of nitrogens with zero attached hydrogens (tertiary/aromatic N) is 3. The molecule has 0 radical (unpaired) electrons. The van der Waals surface area contributed by atoms with Crippen LogP contribution in [0.2, 0.25) is 0 Å². The van der Waals surface area contributed by atoms with Gasteiger partial charge in [0.25, 0.3) is 0 Å². The van der Waals surface area contributed by atoms with Crippen LogP contribution in [-0.2, 0) is 7.05 Å². The summed E-state index contributed by atoms with van der Waals surface area (Å²) in [6.45, 7) is 3.19. The van der Waals surface area contributed by atoms with E-state index in [2.05, 4.69) is 58.3 Å². The highest BCUT2D eigenvalue weighted by Crippen LogP contribution is 2.38. The van der Waals surface area contributed by atoms with Gasteiger partial charge in [-0.1, -0.05) is 19.4 Å². The van der Waals surface area contributed by atoms with Gasteiger partial charge in [0.2, 0.25) is 0 Å². The van der Waals surface area contributed by atoms with Crippen molar-refractivity contribution in [3.8, 4) is 0 Å². The summed E-state index contributed by atoms with van der Waals surface area (Å²) in [5.74, 6) is 0. The van der Waals surface area contributed by atoms with Gasteiger partial charge in [0.1, 0.15) is 0 Å². The molecule has 1 fully saturated rings. The van der Waals surface area contributed by atoms with Crippen LogP contribution >= 0.6 is 12.2 Å². The lowest BCUT2D eigenvalue weighted by Gasteiger charge is -2.27. The number of aryl methyl sites for hydroxylation is 1. The van der Waals surface area contributed by atoms with E-state index in [1.54, 1.807) is 0 Å². The predicted molar refractivity (Wildman–Crippen MR) is 92.5 cm³/mol. The maximum absolute atomic E-state index is 5.59. The summed E-state index contributed by atoms with van der Waals surface area (Å²) >= 11 is 5.59. The van der Waals surface area contributed by atoms with Gasteiger partial charge in [-0.05, 0) is 42.4 Å². The average molecular weight is 314 g/mol. The molecular formula is C17H22N4S. The number of thiocarbonyl (C=S) groups is 1. The molecule has 22 heavy (non-hydrogen) atoms. The summed E-state index contributed by atoms with van der Waals surface area (Å²) < 4.78 is 2.09. The minimum atomic E-state index is 0.105. The first-order valence-corrected chi connectivity index (χ1v) is 8.21. The van der Waals surface area contributed by atoms with Crippen molar-refractivity contribution in [1.82, 2.24) is 19.8 Å². The van der Waals surface area contributed by atoms with Crippen LogP contribution in [-0.4, -0.2) is 26.1 Å². The highest BCUT2D eigenvalue weighted by Gasteiger charge is 2.39. The highest BCUT2D eigenvalue weighted by atomic mass is 32.1.